The van der Waals surface area contributed by atoms with Crippen molar-refractivity contribution in [3.63, 3.8) is 0 Å². The molecule has 1 radical (unpaired) electrons. The van der Waals surface area contributed by atoms with E-state index in [1.807, 2.05) is 0 Å². The Morgan fingerprint density at radius 1 is 0.944 bits per heavy atom. The van der Waals surface area contributed by atoms with Gasteiger partial charge in [0.15, 0.2) is 11.5 Å². The Hall–Kier alpha value is -1.64. The second-order valence-corrected chi connectivity index (χ2v) is 2.90. The minimum absolute atomic E-state index is 0.171. The maximum atomic E-state index is 12.0. The summed E-state index contributed by atoms with van der Waals surface area (Å²) in [7, 11) is 0. The predicted molar refractivity (Wildman–Crippen MR) is 45.1 cm³/mol. The van der Waals surface area contributed by atoms with E-state index in [1.165, 1.54) is 0 Å². The molecule has 0 aliphatic heterocycles. The highest BCUT2D eigenvalue weighted by atomic mass is 19.4. The zero-order chi connectivity index (χ0) is 14.0. The van der Waals surface area contributed by atoms with Crippen LogP contribution in [0.5, 0.6) is 11.5 Å². The van der Waals surface area contributed by atoms with Gasteiger partial charge in [-0.1, -0.05) is 12.1 Å². The molecule has 0 saturated heterocycles. The Bertz CT molecular complexity index is 412. The number of aliphatic hydroxyl groups excluding tert-OH is 1. The van der Waals surface area contributed by atoms with Crippen LogP contribution >= 0.6 is 0 Å². The van der Waals surface area contributed by atoms with Crippen molar-refractivity contribution >= 4 is 0 Å². The fraction of sp³-hybridized carbons (Fsp3) is 0.222. The molecule has 3 nitrogen and oxygen atoms in total. The van der Waals surface area contributed by atoms with Crippen LogP contribution in [0.3, 0.4) is 0 Å². The van der Waals surface area contributed by atoms with Gasteiger partial charge in [-0.05, 0) is 6.07 Å². The Morgan fingerprint density at radius 2 is 1.50 bits per heavy atom. The van der Waals surface area contributed by atoms with E-state index >= 15 is 0 Å². The van der Waals surface area contributed by atoms with Gasteiger partial charge in [0.2, 0.25) is 0 Å². The van der Waals surface area contributed by atoms with Gasteiger partial charge >= 0.3 is 12.7 Å². The summed E-state index contributed by atoms with van der Waals surface area (Å²) in [5.41, 5.74) is -0.603. The monoisotopic (exact) mass is 275 g/mol. The first-order valence-corrected chi connectivity index (χ1v) is 4.24. The highest BCUT2D eigenvalue weighted by Crippen LogP contribution is 2.38. The molecule has 101 valence electrons. The number of hydrogen-bond donors (Lipinski definition) is 1. The molecule has 18 heavy (non-hydrogen) atoms. The molecule has 0 atom stereocenters. The van der Waals surface area contributed by atoms with Crippen molar-refractivity contribution in [1.82, 2.24) is 0 Å². The molecular weight excluding hydrogens is 270 g/mol. The highest BCUT2D eigenvalue weighted by molar-refractivity contribution is 5.49. The number of halogens is 6. The summed E-state index contributed by atoms with van der Waals surface area (Å²) in [6.07, 6.45) is -10.4. The Labute approximate surface area is 96.5 Å². The zero-order valence-electron chi connectivity index (χ0n) is 8.34. The Morgan fingerprint density at radius 3 is 1.94 bits per heavy atom. The Balaban J connectivity index is 3.16. The summed E-state index contributed by atoms with van der Waals surface area (Å²) in [6.45, 7) is 0.171. The second kappa shape index (κ2) is 4.92. The third-order valence-electron chi connectivity index (χ3n) is 1.59. The molecule has 0 heterocycles. The molecule has 0 amide bonds. The minimum Gasteiger partial charge on any atom is -0.402 e. The van der Waals surface area contributed by atoms with Crippen LogP contribution in [0.15, 0.2) is 18.2 Å². The largest absolute Gasteiger partial charge is 0.573 e. The molecule has 0 aromatic heterocycles. The summed E-state index contributed by atoms with van der Waals surface area (Å²) in [5, 5.41) is 8.63. The number of hydrogen-bond acceptors (Lipinski definition) is 3. The molecule has 0 fully saturated rings. The summed E-state index contributed by atoms with van der Waals surface area (Å²) in [6, 6.07) is 2.51. The smallest absolute Gasteiger partial charge is 0.402 e. The van der Waals surface area contributed by atoms with Gasteiger partial charge in [-0.3, -0.25) is 0 Å². The molecule has 1 N–H and O–H groups in total. The predicted octanol–water partition coefficient (Wildman–Crippen LogP) is 3.37. The molecule has 0 saturated carbocycles. The number of rotatable bonds is 3. The van der Waals surface area contributed by atoms with E-state index in [9.17, 15) is 26.3 Å². The number of ether oxygens (including phenoxy) is 2. The van der Waals surface area contributed by atoms with Gasteiger partial charge in [0.05, 0.1) is 0 Å². The first-order valence-electron chi connectivity index (χ1n) is 4.24. The maximum Gasteiger partial charge on any atom is 0.573 e. The van der Waals surface area contributed by atoms with Gasteiger partial charge < -0.3 is 14.6 Å². The molecule has 0 spiro atoms. The van der Waals surface area contributed by atoms with E-state index in [0.29, 0.717) is 6.07 Å². The third kappa shape index (κ3) is 4.32. The molecule has 1 rings (SSSR count). The SMILES string of the molecule is O[CH]c1cccc(OC(F)(F)F)c1OC(F)(F)F. The van der Waals surface area contributed by atoms with Gasteiger partial charge in [0, 0.05) is 5.56 Å². The summed E-state index contributed by atoms with van der Waals surface area (Å²) in [5.74, 6) is -2.48. The fourth-order valence-electron chi connectivity index (χ4n) is 1.06. The molecular formula is C9H5F6O3. The van der Waals surface area contributed by atoms with E-state index in [4.69, 9.17) is 5.11 Å². The van der Waals surface area contributed by atoms with E-state index in [0.717, 1.165) is 12.1 Å². The van der Waals surface area contributed by atoms with Crippen molar-refractivity contribution in [2.45, 2.75) is 12.7 Å². The van der Waals surface area contributed by atoms with Crippen molar-refractivity contribution in [3.05, 3.63) is 30.4 Å². The molecule has 0 bridgehead atoms. The summed E-state index contributed by atoms with van der Waals surface area (Å²) < 4.78 is 78.7. The standard InChI is InChI=1S/C9H5F6O3/c10-8(11,12)17-6-3-1-2-5(4-16)7(6)18-9(13,14)15/h1-4,16H. The van der Waals surface area contributed by atoms with Crippen LogP contribution in [-0.4, -0.2) is 17.8 Å². The van der Waals surface area contributed by atoms with Crippen molar-refractivity contribution in [3.8, 4) is 11.5 Å². The molecule has 0 aliphatic carbocycles. The second-order valence-electron chi connectivity index (χ2n) is 2.90. The fourth-order valence-corrected chi connectivity index (χ4v) is 1.06. The van der Waals surface area contributed by atoms with Crippen molar-refractivity contribution in [1.29, 1.82) is 0 Å². The quantitative estimate of drug-likeness (QED) is 0.859. The molecule has 9 heteroatoms. The Kier molecular flexibility index (Phi) is 3.95. The first-order chi connectivity index (χ1) is 8.12. The number of aliphatic hydroxyl groups is 1. The van der Waals surface area contributed by atoms with Crippen LogP contribution in [0.25, 0.3) is 0 Å². The average molecular weight is 275 g/mol. The van der Waals surface area contributed by atoms with Crippen LogP contribution in [0.4, 0.5) is 26.3 Å². The number of benzene rings is 1. The topological polar surface area (TPSA) is 38.7 Å². The van der Waals surface area contributed by atoms with Crippen LogP contribution in [0, 0.1) is 6.61 Å². The number of para-hydroxylation sites is 1. The average Bonchev–Trinajstić information content (AvgIpc) is 2.16. The highest BCUT2D eigenvalue weighted by Gasteiger charge is 2.37. The maximum absolute atomic E-state index is 12.0. The third-order valence-corrected chi connectivity index (χ3v) is 1.59. The lowest BCUT2D eigenvalue weighted by molar-refractivity contribution is -0.287. The lowest BCUT2D eigenvalue weighted by atomic mass is 10.2. The lowest BCUT2D eigenvalue weighted by Crippen LogP contribution is -2.22. The molecule has 1 aromatic carbocycles. The van der Waals surface area contributed by atoms with Gasteiger partial charge in [-0.15, -0.1) is 26.3 Å². The molecule has 0 aliphatic rings. The lowest BCUT2D eigenvalue weighted by Gasteiger charge is -2.17. The molecule has 1 aromatic rings. The van der Waals surface area contributed by atoms with E-state index in [-0.39, 0.29) is 6.61 Å². The van der Waals surface area contributed by atoms with Gasteiger partial charge in [0.1, 0.15) is 6.61 Å². The van der Waals surface area contributed by atoms with Gasteiger partial charge in [-0.2, -0.15) is 0 Å². The zero-order valence-corrected chi connectivity index (χ0v) is 8.34. The van der Waals surface area contributed by atoms with Crippen molar-refractivity contribution < 1.29 is 40.9 Å². The molecule has 0 unspecified atom stereocenters. The summed E-state index contributed by atoms with van der Waals surface area (Å²) in [4.78, 5) is 0. The van der Waals surface area contributed by atoms with Crippen LogP contribution in [-0.2, 0) is 0 Å². The number of alkyl halides is 6. The first kappa shape index (κ1) is 14.4. The van der Waals surface area contributed by atoms with Crippen LogP contribution in [0.2, 0.25) is 0 Å². The van der Waals surface area contributed by atoms with Crippen LogP contribution in [0.1, 0.15) is 5.56 Å². The van der Waals surface area contributed by atoms with Crippen LogP contribution < -0.4 is 9.47 Å². The normalized spacial score (nSPS) is 12.4. The van der Waals surface area contributed by atoms with Gasteiger partial charge in [-0.25, -0.2) is 0 Å². The van der Waals surface area contributed by atoms with Gasteiger partial charge in [0.25, 0.3) is 0 Å². The van der Waals surface area contributed by atoms with E-state index in [2.05, 4.69) is 9.47 Å². The van der Waals surface area contributed by atoms with E-state index < -0.39 is 29.8 Å². The van der Waals surface area contributed by atoms with Crippen molar-refractivity contribution in [2.75, 3.05) is 0 Å². The van der Waals surface area contributed by atoms with E-state index in [1.54, 1.807) is 0 Å². The van der Waals surface area contributed by atoms with Crippen molar-refractivity contribution in [2.24, 2.45) is 0 Å². The summed E-state index contributed by atoms with van der Waals surface area (Å²) >= 11 is 0. The minimum atomic E-state index is -5.22.